The lowest BCUT2D eigenvalue weighted by Gasteiger charge is -2.31. The van der Waals surface area contributed by atoms with Crippen molar-refractivity contribution in [2.45, 2.75) is 38.8 Å². The van der Waals surface area contributed by atoms with E-state index in [1.165, 1.54) is 0 Å². The Kier molecular flexibility index (Phi) is 9.87. The first kappa shape index (κ1) is 23.4. The Balaban J connectivity index is 2.25. The zero-order valence-electron chi connectivity index (χ0n) is 18.1. The van der Waals surface area contributed by atoms with Crippen LogP contribution in [0.1, 0.15) is 30.9 Å². The van der Waals surface area contributed by atoms with Gasteiger partial charge in [-0.05, 0) is 29.7 Å². The molecular formula is C24H32N2O4. The van der Waals surface area contributed by atoms with Crippen LogP contribution in [-0.2, 0) is 27.3 Å². The number of ether oxygens (including phenoxy) is 2. The molecule has 0 saturated heterocycles. The first-order chi connectivity index (χ1) is 14.6. The van der Waals surface area contributed by atoms with Gasteiger partial charge in [0.1, 0.15) is 11.8 Å². The van der Waals surface area contributed by atoms with E-state index in [0.717, 1.165) is 23.3 Å². The molecule has 6 heteroatoms. The number of hydrogen-bond acceptors (Lipinski definition) is 4. The molecule has 0 saturated carbocycles. The van der Waals surface area contributed by atoms with Crippen molar-refractivity contribution in [2.24, 2.45) is 0 Å². The van der Waals surface area contributed by atoms with Crippen molar-refractivity contribution in [2.75, 3.05) is 27.4 Å². The molecule has 6 nitrogen and oxygen atoms in total. The van der Waals surface area contributed by atoms with E-state index in [1.54, 1.807) is 19.1 Å². The Bertz CT molecular complexity index is 778. The minimum Gasteiger partial charge on any atom is -0.497 e. The fourth-order valence-corrected chi connectivity index (χ4v) is 3.23. The summed E-state index contributed by atoms with van der Waals surface area (Å²) in [6.45, 7) is 3.26. The largest absolute Gasteiger partial charge is 0.497 e. The standard InChI is InChI=1S/C24H32N2O4/c1-4-23(27)26(18-20-11-13-21(30-3)14-12-20)22(17-19-9-6-5-7-10-19)24(28)25-15-8-16-29-2/h5-7,9-14,22H,4,8,15-18H2,1-3H3,(H,25,28)/t22-/m1/s1. The van der Waals surface area contributed by atoms with Gasteiger partial charge in [0, 0.05) is 39.6 Å². The summed E-state index contributed by atoms with van der Waals surface area (Å²) in [6, 6.07) is 16.8. The van der Waals surface area contributed by atoms with Gasteiger partial charge in [-0.2, -0.15) is 0 Å². The van der Waals surface area contributed by atoms with Crippen LogP contribution in [0.3, 0.4) is 0 Å². The number of amides is 2. The lowest BCUT2D eigenvalue weighted by molar-refractivity contribution is -0.141. The second-order valence-corrected chi connectivity index (χ2v) is 7.07. The summed E-state index contributed by atoms with van der Waals surface area (Å²) in [6.07, 6.45) is 1.51. The molecule has 0 radical (unpaired) electrons. The third kappa shape index (κ3) is 7.19. The van der Waals surface area contributed by atoms with Gasteiger partial charge in [-0.3, -0.25) is 9.59 Å². The molecule has 2 amide bonds. The summed E-state index contributed by atoms with van der Waals surface area (Å²) >= 11 is 0. The van der Waals surface area contributed by atoms with Crippen LogP contribution in [0.5, 0.6) is 5.75 Å². The van der Waals surface area contributed by atoms with Crippen LogP contribution in [0.25, 0.3) is 0 Å². The highest BCUT2D eigenvalue weighted by Gasteiger charge is 2.29. The Morgan fingerprint density at radius 1 is 1.00 bits per heavy atom. The number of benzene rings is 2. The quantitative estimate of drug-likeness (QED) is 0.544. The molecule has 2 rings (SSSR count). The summed E-state index contributed by atoms with van der Waals surface area (Å²) in [5, 5.41) is 2.97. The average molecular weight is 413 g/mol. The molecule has 2 aromatic carbocycles. The number of nitrogens with one attached hydrogen (secondary N) is 1. The van der Waals surface area contributed by atoms with E-state index in [0.29, 0.717) is 32.5 Å². The lowest BCUT2D eigenvalue weighted by Crippen LogP contribution is -2.50. The highest BCUT2D eigenvalue weighted by Crippen LogP contribution is 2.18. The van der Waals surface area contributed by atoms with Crippen LogP contribution in [0, 0.1) is 0 Å². The SMILES string of the molecule is CCC(=O)N(Cc1ccc(OC)cc1)[C@H](Cc1ccccc1)C(=O)NCCCOC. The molecule has 0 spiro atoms. The number of carbonyl (C=O) groups is 2. The molecule has 0 aliphatic carbocycles. The van der Waals surface area contributed by atoms with Gasteiger partial charge in [0.25, 0.3) is 0 Å². The van der Waals surface area contributed by atoms with Crippen molar-refractivity contribution in [3.8, 4) is 5.75 Å². The predicted molar refractivity (Wildman–Crippen MR) is 117 cm³/mol. The zero-order chi connectivity index (χ0) is 21.8. The molecule has 0 aliphatic rings. The van der Waals surface area contributed by atoms with Crippen molar-refractivity contribution in [3.63, 3.8) is 0 Å². The smallest absolute Gasteiger partial charge is 0.243 e. The molecule has 0 unspecified atom stereocenters. The molecule has 1 atom stereocenters. The highest BCUT2D eigenvalue weighted by atomic mass is 16.5. The highest BCUT2D eigenvalue weighted by molar-refractivity contribution is 5.87. The molecular weight excluding hydrogens is 380 g/mol. The first-order valence-electron chi connectivity index (χ1n) is 10.3. The molecule has 0 aliphatic heterocycles. The fourth-order valence-electron chi connectivity index (χ4n) is 3.23. The minimum atomic E-state index is -0.593. The third-order valence-electron chi connectivity index (χ3n) is 4.91. The first-order valence-corrected chi connectivity index (χ1v) is 10.3. The second-order valence-electron chi connectivity index (χ2n) is 7.07. The number of methoxy groups -OCH3 is 2. The second kappa shape index (κ2) is 12.6. The van der Waals surface area contributed by atoms with Gasteiger partial charge in [-0.1, -0.05) is 49.4 Å². The Labute approximate surface area is 179 Å². The summed E-state index contributed by atoms with van der Waals surface area (Å²) in [7, 11) is 3.25. The molecule has 162 valence electrons. The molecule has 1 N–H and O–H groups in total. The van der Waals surface area contributed by atoms with E-state index in [-0.39, 0.29) is 11.8 Å². The van der Waals surface area contributed by atoms with E-state index < -0.39 is 6.04 Å². The van der Waals surface area contributed by atoms with Gasteiger partial charge < -0.3 is 19.7 Å². The molecule has 2 aromatic rings. The van der Waals surface area contributed by atoms with Crippen molar-refractivity contribution >= 4 is 11.8 Å². The lowest BCUT2D eigenvalue weighted by atomic mass is 10.0. The van der Waals surface area contributed by atoms with E-state index in [4.69, 9.17) is 9.47 Å². The Morgan fingerprint density at radius 3 is 2.30 bits per heavy atom. The maximum absolute atomic E-state index is 13.1. The molecule has 30 heavy (non-hydrogen) atoms. The minimum absolute atomic E-state index is 0.0567. The van der Waals surface area contributed by atoms with Crippen molar-refractivity contribution in [1.29, 1.82) is 0 Å². The van der Waals surface area contributed by atoms with Crippen LogP contribution in [0.4, 0.5) is 0 Å². The van der Waals surface area contributed by atoms with Gasteiger partial charge in [-0.25, -0.2) is 0 Å². The summed E-state index contributed by atoms with van der Waals surface area (Å²) in [5.41, 5.74) is 1.96. The third-order valence-corrected chi connectivity index (χ3v) is 4.91. The Morgan fingerprint density at radius 2 is 1.70 bits per heavy atom. The predicted octanol–water partition coefficient (Wildman–Crippen LogP) is 3.20. The van der Waals surface area contributed by atoms with Crippen molar-refractivity contribution < 1.29 is 19.1 Å². The summed E-state index contributed by atoms with van der Waals surface area (Å²) in [5.74, 6) is 0.549. The van der Waals surface area contributed by atoms with Crippen LogP contribution in [0.15, 0.2) is 54.6 Å². The summed E-state index contributed by atoms with van der Waals surface area (Å²) in [4.78, 5) is 27.6. The topological polar surface area (TPSA) is 67.9 Å². The van der Waals surface area contributed by atoms with Gasteiger partial charge in [0.15, 0.2) is 0 Å². The van der Waals surface area contributed by atoms with Gasteiger partial charge >= 0.3 is 0 Å². The molecule has 0 fully saturated rings. The van der Waals surface area contributed by atoms with E-state index in [9.17, 15) is 9.59 Å². The number of rotatable bonds is 12. The average Bonchev–Trinajstić information content (AvgIpc) is 2.79. The maximum Gasteiger partial charge on any atom is 0.243 e. The van der Waals surface area contributed by atoms with Gasteiger partial charge in [0.05, 0.1) is 7.11 Å². The van der Waals surface area contributed by atoms with Crippen LogP contribution >= 0.6 is 0 Å². The van der Waals surface area contributed by atoms with Crippen LogP contribution < -0.4 is 10.1 Å². The zero-order valence-corrected chi connectivity index (χ0v) is 18.1. The fraction of sp³-hybridized carbons (Fsp3) is 0.417. The molecule has 0 bridgehead atoms. The van der Waals surface area contributed by atoms with Gasteiger partial charge in [0.2, 0.25) is 11.8 Å². The number of carbonyl (C=O) groups excluding carboxylic acids is 2. The monoisotopic (exact) mass is 412 g/mol. The number of hydrogen-bond donors (Lipinski definition) is 1. The van der Waals surface area contributed by atoms with Gasteiger partial charge in [-0.15, -0.1) is 0 Å². The Hall–Kier alpha value is -2.86. The maximum atomic E-state index is 13.1. The molecule has 0 aromatic heterocycles. The summed E-state index contributed by atoms with van der Waals surface area (Å²) < 4.78 is 10.3. The van der Waals surface area contributed by atoms with Crippen LogP contribution in [-0.4, -0.2) is 50.1 Å². The van der Waals surface area contributed by atoms with E-state index >= 15 is 0 Å². The molecule has 0 heterocycles. The van der Waals surface area contributed by atoms with Crippen molar-refractivity contribution in [1.82, 2.24) is 10.2 Å². The van der Waals surface area contributed by atoms with E-state index in [2.05, 4.69) is 5.32 Å². The van der Waals surface area contributed by atoms with E-state index in [1.807, 2.05) is 61.5 Å². The van der Waals surface area contributed by atoms with Crippen LogP contribution in [0.2, 0.25) is 0 Å². The van der Waals surface area contributed by atoms with Crippen molar-refractivity contribution in [3.05, 3.63) is 65.7 Å². The normalized spacial score (nSPS) is 11.6. The number of nitrogens with zero attached hydrogens (tertiary/aromatic N) is 1.